The molecule has 2 N–H and O–H groups in total. The van der Waals surface area contributed by atoms with Crippen LogP contribution >= 0.6 is 28.3 Å². The lowest BCUT2D eigenvalue weighted by Crippen LogP contribution is -1.91. The second kappa shape index (κ2) is 5.41. The minimum absolute atomic E-state index is 0. The van der Waals surface area contributed by atoms with Crippen molar-refractivity contribution in [2.24, 2.45) is 0 Å². The summed E-state index contributed by atoms with van der Waals surface area (Å²) in [5.41, 5.74) is 7.16. The fraction of sp³-hybridized carbons (Fsp3) is 0.182. The maximum Gasteiger partial charge on any atom is 0.180 e. The van der Waals surface area contributed by atoms with Crippen LogP contribution in [0.4, 0.5) is 9.52 Å². The molecule has 0 aliphatic carbocycles. The highest BCUT2D eigenvalue weighted by atomic mass is 79.9. The van der Waals surface area contributed by atoms with Crippen LogP contribution in [-0.2, 0) is 6.42 Å². The minimum Gasteiger partial charge on any atom is -0.375 e. The van der Waals surface area contributed by atoms with E-state index in [1.165, 1.54) is 17.4 Å². The molecule has 0 aliphatic heterocycles. The Hall–Kier alpha value is -0.940. The SMILES string of the molecule is Br.Cc1nc(N)sc1Cc1ccccc1F. The summed E-state index contributed by atoms with van der Waals surface area (Å²) in [6.45, 7) is 1.89. The van der Waals surface area contributed by atoms with E-state index in [0.29, 0.717) is 17.1 Å². The zero-order valence-electron chi connectivity index (χ0n) is 8.74. The number of hydrogen-bond donors (Lipinski definition) is 1. The summed E-state index contributed by atoms with van der Waals surface area (Å²) in [5.74, 6) is -0.177. The predicted molar refractivity (Wildman–Crippen MR) is 70.8 cm³/mol. The van der Waals surface area contributed by atoms with Crippen LogP contribution in [0.15, 0.2) is 24.3 Å². The average Bonchev–Trinajstić information content (AvgIpc) is 2.49. The van der Waals surface area contributed by atoms with Gasteiger partial charge in [-0.15, -0.1) is 28.3 Å². The van der Waals surface area contributed by atoms with Crippen molar-refractivity contribution in [3.05, 3.63) is 46.2 Å². The topological polar surface area (TPSA) is 38.9 Å². The molecule has 0 atom stereocenters. The molecule has 0 unspecified atom stereocenters. The predicted octanol–water partition coefficient (Wildman–Crippen LogP) is 3.34. The molecular formula is C11H12BrFN2S. The number of rotatable bonds is 2. The van der Waals surface area contributed by atoms with Crippen molar-refractivity contribution in [1.29, 1.82) is 0 Å². The number of halogens is 2. The van der Waals surface area contributed by atoms with E-state index in [1.807, 2.05) is 13.0 Å². The highest BCUT2D eigenvalue weighted by Gasteiger charge is 2.08. The third-order valence-electron chi connectivity index (χ3n) is 2.22. The van der Waals surface area contributed by atoms with Crippen LogP contribution in [-0.4, -0.2) is 4.98 Å². The molecular weight excluding hydrogens is 291 g/mol. The minimum atomic E-state index is -0.177. The van der Waals surface area contributed by atoms with Crippen LogP contribution in [0.3, 0.4) is 0 Å². The Morgan fingerprint density at radius 1 is 1.38 bits per heavy atom. The van der Waals surface area contributed by atoms with Gasteiger partial charge in [0.25, 0.3) is 0 Å². The zero-order chi connectivity index (χ0) is 10.8. The van der Waals surface area contributed by atoms with Crippen molar-refractivity contribution in [3.8, 4) is 0 Å². The molecule has 0 saturated heterocycles. The molecule has 2 aromatic rings. The molecule has 0 aliphatic rings. The fourth-order valence-electron chi connectivity index (χ4n) is 1.43. The Labute approximate surface area is 108 Å². The number of aromatic nitrogens is 1. The molecule has 5 heteroatoms. The normalized spacial score (nSPS) is 9.88. The summed E-state index contributed by atoms with van der Waals surface area (Å²) in [4.78, 5) is 5.14. The third-order valence-corrected chi connectivity index (χ3v) is 3.20. The van der Waals surface area contributed by atoms with Crippen molar-refractivity contribution in [3.63, 3.8) is 0 Å². The largest absolute Gasteiger partial charge is 0.375 e. The maximum atomic E-state index is 13.4. The number of hydrogen-bond acceptors (Lipinski definition) is 3. The molecule has 0 spiro atoms. The average molecular weight is 303 g/mol. The zero-order valence-corrected chi connectivity index (χ0v) is 11.3. The highest BCUT2D eigenvalue weighted by molar-refractivity contribution is 8.93. The molecule has 1 heterocycles. The van der Waals surface area contributed by atoms with Crippen LogP contribution < -0.4 is 5.73 Å². The van der Waals surface area contributed by atoms with Gasteiger partial charge in [-0.2, -0.15) is 0 Å². The van der Waals surface area contributed by atoms with Gasteiger partial charge in [0.05, 0.1) is 5.69 Å². The number of nitrogens with two attached hydrogens (primary N) is 1. The molecule has 16 heavy (non-hydrogen) atoms. The van der Waals surface area contributed by atoms with E-state index in [4.69, 9.17) is 5.73 Å². The van der Waals surface area contributed by atoms with E-state index in [1.54, 1.807) is 12.1 Å². The first-order chi connectivity index (χ1) is 7.16. The van der Waals surface area contributed by atoms with E-state index in [9.17, 15) is 4.39 Å². The second-order valence-electron chi connectivity index (χ2n) is 3.33. The summed E-state index contributed by atoms with van der Waals surface area (Å²) in [6.07, 6.45) is 0.563. The summed E-state index contributed by atoms with van der Waals surface area (Å²) in [5, 5.41) is 0.541. The first-order valence-electron chi connectivity index (χ1n) is 4.62. The summed E-state index contributed by atoms with van der Waals surface area (Å²) in [7, 11) is 0. The number of thiazole rings is 1. The Bertz CT molecular complexity index is 485. The van der Waals surface area contributed by atoms with Crippen molar-refractivity contribution in [1.82, 2.24) is 4.98 Å². The standard InChI is InChI=1S/C11H11FN2S.BrH/c1-7-10(15-11(13)14-7)6-8-4-2-3-5-9(8)12;/h2-5H,6H2,1H3,(H2,13,14);1H. The molecule has 86 valence electrons. The maximum absolute atomic E-state index is 13.4. The molecule has 0 radical (unpaired) electrons. The number of anilines is 1. The first-order valence-corrected chi connectivity index (χ1v) is 5.43. The van der Waals surface area contributed by atoms with Crippen molar-refractivity contribution in [2.75, 3.05) is 5.73 Å². The molecule has 1 aromatic carbocycles. The van der Waals surface area contributed by atoms with Gasteiger partial charge in [0, 0.05) is 11.3 Å². The Morgan fingerprint density at radius 2 is 2.06 bits per heavy atom. The molecule has 0 bridgehead atoms. The Balaban J connectivity index is 0.00000128. The quantitative estimate of drug-likeness (QED) is 0.924. The van der Waals surface area contributed by atoms with Gasteiger partial charge in [0.1, 0.15) is 5.82 Å². The summed E-state index contributed by atoms with van der Waals surface area (Å²) < 4.78 is 13.4. The van der Waals surface area contributed by atoms with Gasteiger partial charge in [-0.3, -0.25) is 0 Å². The number of nitrogens with zero attached hydrogens (tertiary/aromatic N) is 1. The smallest absolute Gasteiger partial charge is 0.180 e. The number of aryl methyl sites for hydroxylation is 1. The van der Waals surface area contributed by atoms with E-state index in [2.05, 4.69) is 4.98 Å². The number of nitrogen functional groups attached to an aromatic ring is 1. The van der Waals surface area contributed by atoms with Gasteiger partial charge < -0.3 is 5.73 Å². The monoisotopic (exact) mass is 302 g/mol. The van der Waals surface area contributed by atoms with Gasteiger partial charge in [0.2, 0.25) is 0 Å². The lowest BCUT2D eigenvalue weighted by molar-refractivity contribution is 0.614. The van der Waals surface area contributed by atoms with Crippen molar-refractivity contribution < 1.29 is 4.39 Å². The van der Waals surface area contributed by atoms with Crippen LogP contribution in [0.25, 0.3) is 0 Å². The van der Waals surface area contributed by atoms with Crippen molar-refractivity contribution in [2.45, 2.75) is 13.3 Å². The van der Waals surface area contributed by atoms with Gasteiger partial charge in [-0.05, 0) is 18.6 Å². The lowest BCUT2D eigenvalue weighted by atomic mass is 10.1. The summed E-state index contributed by atoms with van der Waals surface area (Å²) in [6, 6.07) is 6.77. The van der Waals surface area contributed by atoms with Crippen LogP contribution in [0.1, 0.15) is 16.1 Å². The molecule has 0 amide bonds. The molecule has 1 aromatic heterocycles. The molecule has 2 nitrogen and oxygen atoms in total. The first kappa shape index (κ1) is 13.1. The van der Waals surface area contributed by atoms with E-state index in [-0.39, 0.29) is 22.8 Å². The second-order valence-corrected chi connectivity index (χ2v) is 4.44. The lowest BCUT2D eigenvalue weighted by Gasteiger charge is -2.00. The van der Waals surface area contributed by atoms with Gasteiger partial charge in [-0.1, -0.05) is 18.2 Å². The van der Waals surface area contributed by atoms with Gasteiger partial charge in [0.15, 0.2) is 5.13 Å². The van der Waals surface area contributed by atoms with Crippen LogP contribution in [0.5, 0.6) is 0 Å². The third kappa shape index (κ3) is 2.80. The van der Waals surface area contributed by atoms with E-state index >= 15 is 0 Å². The molecule has 2 rings (SSSR count). The Kier molecular flexibility index (Phi) is 4.44. The van der Waals surface area contributed by atoms with E-state index in [0.717, 1.165) is 10.6 Å². The van der Waals surface area contributed by atoms with Crippen molar-refractivity contribution >= 4 is 33.4 Å². The van der Waals surface area contributed by atoms with Gasteiger partial charge >= 0.3 is 0 Å². The van der Waals surface area contributed by atoms with Crippen LogP contribution in [0, 0.1) is 12.7 Å². The number of benzene rings is 1. The Morgan fingerprint density at radius 3 is 2.62 bits per heavy atom. The van der Waals surface area contributed by atoms with E-state index < -0.39 is 0 Å². The fourth-order valence-corrected chi connectivity index (χ4v) is 2.29. The molecule has 0 fully saturated rings. The summed E-state index contributed by atoms with van der Waals surface area (Å²) >= 11 is 1.42. The van der Waals surface area contributed by atoms with Gasteiger partial charge in [-0.25, -0.2) is 9.37 Å². The highest BCUT2D eigenvalue weighted by Crippen LogP contribution is 2.23. The molecule has 0 saturated carbocycles. The van der Waals surface area contributed by atoms with Crippen LogP contribution in [0.2, 0.25) is 0 Å².